The number of thiophene rings is 1. The van der Waals surface area contributed by atoms with Gasteiger partial charge >= 0.3 is 0 Å². The van der Waals surface area contributed by atoms with Crippen molar-refractivity contribution in [1.82, 2.24) is 5.32 Å². The van der Waals surface area contributed by atoms with Crippen molar-refractivity contribution in [3.63, 3.8) is 0 Å². The monoisotopic (exact) mass is 225 g/mol. The third-order valence-corrected chi connectivity index (χ3v) is 2.62. The summed E-state index contributed by atoms with van der Waals surface area (Å²) < 4.78 is 0. The second kappa shape index (κ2) is 6.08. The van der Waals surface area contributed by atoms with Gasteiger partial charge in [0.1, 0.15) is 0 Å². The molecule has 5 heteroatoms. The maximum Gasteiger partial charge on any atom is 0.225 e. The molecule has 1 rings (SSSR count). The van der Waals surface area contributed by atoms with Crippen LogP contribution in [0.5, 0.6) is 0 Å². The highest BCUT2D eigenvalue weighted by Gasteiger charge is 2.04. The van der Waals surface area contributed by atoms with Gasteiger partial charge in [0.25, 0.3) is 0 Å². The molecule has 0 aliphatic rings. The van der Waals surface area contributed by atoms with Crippen LogP contribution in [-0.4, -0.2) is 24.5 Å². The molecule has 80 valence electrons. The smallest absolute Gasteiger partial charge is 0.225 e. The lowest BCUT2D eigenvalue weighted by atomic mass is 10.3. The minimum atomic E-state index is -0.494. The highest BCUT2D eigenvalue weighted by Crippen LogP contribution is 2.08. The Morgan fingerprint density at radius 2 is 2.27 bits per heavy atom. The quantitative estimate of drug-likeness (QED) is 0.568. The molecule has 1 amide bonds. The number of Topliss-reactive ketones (excluding diaryl/α,β-unsaturated/α-hetero) is 1. The number of nitrogens with one attached hydrogen (secondary N) is 1. The third kappa shape index (κ3) is 4.51. The largest absolute Gasteiger partial charge is 0.355 e. The van der Waals surface area contributed by atoms with E-state index in [2.05, 4.69) is 5.32 Å². The van der Waals surface area contributed by atoms with Crippen molar-refractivity contribution in [3.05, 3.63) is 22.4 Å². The summed E-state index contributed by atoms with van der Waals surface area (Å²) in [5.41, 5.74) is 0. The Labute approximate surface area is 91.3 Å². The van der Waals surface area contributed by atoms with Crippen molar-refractivity contribution in [3.8, 4) is 0 Å². The highest BCUT2D eigenvalue weighted by atomic mass is 32.1. The summed E-state index contributed by atoms with van der Waals surface area (Å²) >= 11 is 1.51. The van der Waals surface area contributed by atoms with Crippen LogP contribution in [-0.2, 0) is 20.8 Å². The number of rotatable bonds is 6. The Morgan fingerprint density at radius 1 is 1.47 bits per heavy atom. The molecule has 15 heavy (non-hydrogen) atoms. The van der Waals surface area contributed by atoms with Gasteiger partial charge in [-0.1, -0.05) is 6.07 Å². The number of hydrogen-bond donors (Lipinski definition) is 1. The van der Waals surface area contributed by atoms with Crippen LogP contribution in [0.4, 0.5) is 0 Å². The van der Waals surface area contributed by atoms with Crippen LogP contribution in [0.2, 0.25) is 0 Å². The fourth-order valence-electron chi connectivity index (χ4n) is 1.02. The van der Waals surface area contributed by atoms with Crippen molar-refractivity contribution in [2.24, 2.45) is 0 Å². The van der Waals surface area contributed by atoms with E-state index in [-0.39, 0.29) is 25.2 Å². The number of carbonyl (C=O) groups excluding carboxylic acids is 3. The second-order valence-corrected chi connectivity index (χ2v) is 3.97. The van der Waals surface area contributed by atoms with Crippen LogP contribution in [0, 0.1) is 0 Å². The van der Waals surface area contributed by atoms with E-state index in [1.54, 1.807) is 0 Å². The van der Waals surface area contributed by atoms with Crippen LogP contribution >= 0.6 is 11.3 Å². The molecule has 0 radical (unpaired) electrons. The van der Waals surface area contributed by atoms with E-state index >= 15 is 0 Å². The van der Waals surface area contributed by atoms with E-state index in [1.165, 1.54) is 11.3 Å². The van der Waals surface area contributed by atoms with Crippen molar-refractivity contribution >= 4 is 29.3 Å². The molecular formula is C10H11NO3S. The topological polar surface area (TPSA) is 63.2 Å². The van der Waals surface area contributed by atoms with Crippen LogP contribution in [0.1, 0.15) is 11.3 Å². The normalized spacial score (nSPS) is 9.60. The zero-order chi connectivity index (χ0) is 11.1. The van der Waals surface area contributed by atoms with Gasteiger partial charge in [-0.2, -0.15) is 0 Å². The first kappa shape index (κ1) is 11.6. The molecule has 1 aromatic rings. The second-order valence-electron chi connectivity index (χ2n) is 2.94. The zero-order valence-electron chi connectivity index (χ0n) is 8.06. The van der Waals surface area contributed by atoms with E-state index < -0.39 is 5.78 Å². The van der Waals surface area contributed by atoms with Gasteiger partial charge in [0.15, 0.2) is 12.1 Å². The molecule has 0 aliphatic heterocycles. The van der Waals surface area contributed by atoms with E-state index in [0.29, 0.717) is 6.42 Å². The standard InChI is InChI=1S/C10H11NO3S/c12-7-8(13)3-4-11-10(14)6-9-2-1-5-15-9/h1-2,5,7H,3-4,6H2,(H,11,14). The molecule has 0 saturated heterocycles. The molecule has 0 fully saturated rings. The summed E-state index contributed by atoms with van der Waals surface area (Å²) in [6, 6.07) is 3.75. The van der Waals surface area contributed by atoms with E-state index in [0.717, 1.165) is 4.88 Å². The fourth-order valence-corrected chi connectivity index (χ4v) is 1.72. The van der Waals surface area contributed by atoms with Crippen LogP contribution in [0.15, 0.2) is 17.5 Å². The van der Waals surface area contributed by atoms with Crippen molar-refractivity contribution in [2.45, 2.75) is 12.8 Å². The predicted molar refractivity (Wildman–Crippen MR) is 56.7 cm³/mol. The first-order chi connectivity index (χ1) is 7.22. The summed E-state index contributed by atoms with van der Waals surface area (Å²) in [5, 5.41) is 4.48. The van der Waals surface area contributed by atoms with Crippen molar-refractivity contribution in [2.75, 3.05) is 6.54 Å². The number of aldehydes is 1. The highest BCUT2D eigenvalue weighted by molar-refractivity contribution is 7.10. The molecule has 0 bridgehead atoms. The lowest BCUT2D eigenvalue weighted by Gasteiger charge is -2.01. The van der Waals surface area contributed by atoms with Gasteiger partial charge in [-0.15, -0.1) is 11.3 Å². The summed E-state index contributed by atoms with van der Waals surface area (Å²) in [7, 11) is 0. The van der Waals surface area contributed by atoms with Crippen LogP contribution < -0.4 is 5.32 Å². The average molecular weight is 225 g/mol. The summed E-state index contributed by atoms with van der Waals surface area (Å²) in [6.45, 7) is 0.224. The Morgan fingerprint density at radius 3 is 2.87 bits per heavy atom. The fraction of sp³-hybridized carbons (Fsp3) is 0.300. The van der Waals surface area contributed by atoms with E-state index in [1.807, 2.05) is 17.5 Å². The van der Waals surface area contributed by atoms with Crippen LogP contribution in [0.3, 0.4) is 0 Å². The minimum Gasteiger partial charge on any atom is -0.355 e. The Balaban J connectivity index is 2.19. The van der Waals surface area contributed by atoms with Crippen molar-refractivity contribution < 1.29 is 14.4 Å². The van der Waals surface area contributed by atoms with E-state index in [4.69, 9.17) is 0 Å². The molecule has 0 aliphatic carbocycles. The Hall–Kier alpha value is -1.49. The lowest BCUT2D eigenvalue weighted by molar-refractivity contribution is -0.130. The molecule has 0 spiro atoms. The Bertz CT molecular complexity index is 346. The first-order valence-corrected chi connectivity index (χ1v) is 5.37. The van der Waals surface area contributed by atoms with Gasteiger partial charge in [0.2, 0.25) is 5.91 Å². The summed E-state index contributed by atoms with van der Waals surface area (Å²) in [6.07, 6.45) is 0.665. The maximum absolute atomic E-state index is 11.3. The SMILES string of the molecule is O=CC(=O)CCNC(=O)Cc1cccs1. The summed E-state index contributed by atoms with van der Waals surface area (Å²) in [4.78, 5) is 32.8. The van der Waals surface area contributed by atoms with Crippen molar-refractivity contribution in [1.29, 1.82) is 0 Å². The Kier molecular flexibility index (Phi) is 4.70. The molecule has 0 aromatic carbocycles. The van der Waals surface area contributed by atoms with E-state index in [9.17, 15) is 14.4 Å². The van der Waals surface area contributed by atoms with Gasteiger partial charge in [0, 0.05) is 17.8 Å². The number of ketones is 1. The molecule has 0 unspecified atom stereocenters. The van der Waals surface area contributed by atoms with Gasteiger partial charge in [-0.05, 0) is 11.4 Å². The number of amides is 1. The molecule has 1 heterocycles. The molecule has 4 nitrogen and oxygen atoms in total. The zero-order valence-corrected chi connectivity index (χ0v) is 8.88. The first-order valence-electron chi connectivity index (χ1n) is 4.49. The third-order valence-electron chi connectivity index (χ3n) is 1.74. The summed E-state index contributed by atoms with van der Waals surface area (Å²) in [5.74, 6) is -0.623. The number of hydrogen-bond acceptors (Lipinski definition) is 4. The van der Waals surface area contributed by atoms with Gasteiger partial charge < -0.3 is 5.32 Å². The van der Waals surface area contributed by atoms with Crippen LogP contribution in [0.25, 0.3) is 0 Å². The molecular weight excluding hydrogens is 214 g/mol. The molecule has 1 N–H and O–H groups in total. The minimum absolute atomic E-state index is 0.0691. The molecule has 0 saturated carbocycles. The van der Waals surface area contributed by atoms with Gasteiger partial charge in [-0.3, -0.25) is 14.4 Å². The maximum atomic E-state index is 11.3. The van der Waals surface area contributed by atoms with Gasteiger partial charge in [0.05, 0.1) is 6.42 Å². The molecule has 1 aromatic heterocycles. The number of carbonyl (C=O) groups is 3. The lowest BCUT2D eigenvalue weighted by Crippen LogP contribution is -2.27. The predicted octanol–water partition coefficient (Wildman–Crippen LogP) is 0.565. The average Bonchev–Trinajstić information content (AvgIpc) is 2.70. The van der Waals surface area contributed by atoms with Gasteiger partial charge in [-0.25, -0.2) is 0 Å². The molecule has 0 atom stereocenters.